The summed E-state index contributed by atoms with van der Waals surface area (Å²) in [4.78, 5) is 4.90. The molecule has 1 spiro atoms. The van der Waals surface area contributed by atoms with Gasteiger partial charge in [0.25, 0.3) is 13.4 Å². The van der Waals surface area contributed by atoms with Gasteiger partial charge in [-0.15, -0.1) is 0 Å². The van der Waals surface area contributed by atoms with E-state index in [1.807, 2.05) is 0 Å². The number of rotatable bonds is 6. The summed E-state index contributed by atoms with van der Waals surface area (Å²) in [5.41, 5.74) is 32.6. The molecule has 0 amide bonds. The van der Waals surface area contributed by atoms with E-state index in [9.17, 15) is 0 Å². The first-order valence-corrected chi connectivity index (χ1v) is 31.6. The van der Waals surface area contributed by atoms with E-state index in [-0.39, 0.29) is 13.4 Å². The lowest BCUT2D eigenvalue weighted by Gasteiger charge is -2.41. The minimum Gasteiger partial charge on any atom is -0.458 e. The molecule has 91 heavy (non-hydrogen) atoms. The molecule has 0 saturated heterocycles. The van der Waals surface area contributed by atoms with Crippen molar-refractivity contribution in [2.75, 3.05) is 9.80 Å². The summed E-state index contributed by atoms with van der Waals surface area (Å²) in [5, 5.41) is 0. The van der Waals surface area contributed by atoms with Gasteiger partial charge in [0.05, 0.1) is 5.41 Å². The van der Waals surface area contributed by atoms with Crippen LogP contribution >= 0.6 is 0 Å². The molecule has 4 aliphatic heterocycles. The molecule has 0 unspecified atom stereocenters. The molecule has 0 bridgehead atoms. The van der Waals surface area contributed by atoms with E-state index in [0.717, 1.165) is 68.0 Å². The molecule has 420 valence electrons. The topological polar surface area (TPSA) is 24.9 Å². The lowest BCUT2D eigenvalue weighted by atomic mass is 9.34. The van der Waals surface area contributed by atoms with Crippen molar-refractivity contribution in [3.63, 3.8) is 0 Å². The third-order valence-electron chi connectivity index (χ3n) is 20.4. The van der Waals surface area contributed by atoms with Gasteiger partial charge in [0.1, 0.15) is 23.0 Å². The van der Waals surface area contributed by atoms with Gasteiger partial charge in [0.15, 0.2) is 0 Å². The molecule has 6 heteroatoms. The summed E-state index contributed by atoms with van der Waals surface area (Å²) in [6.45, 7) is -0.248. The summed E-state index contributed by atoms with van der Waals surface area (Å²) in [5.74, 6) is 3.51. The quantitative estimate of drug-likeness (QED) is 0.155. The van der Waals surface area contributed by atoms with E-state index in [4.69, 9.17) is 9.47 Å². The Morgan fingerprint density at radius 1 is 0.231 bits per heavy atom. The smallest absolute Gasteiger partial charge is 0.256 e. The van der Waals surface area contributed by atoms with Crippen molar-refractivity contribution < 1.29 is 9.47 Å². The van der Waals surface area contributed by atoms with Gasteiger partial charge in [0.2, 0.25) is 0 Å². The Bertz CT molecular complexity index is 5030. The van der Waals surface area contributed by atoms with Crippen molar-refractivity contribution in [1.29, 1.82) is 0 Å². The average molecular weight is 1150 g/mol. The van der Waals surface area contributed by atoms with Gasteiger partial charge in [0, 0.05) is 34.1 Å². The van der Waals surface area contributed by atoms with Gasteiger partial charge in [-0.1, -0.05) is 243 Å². The zero-order valence-electron chi connectivity index (χ0n) is 49.4. The Kier molecular flexibility index (Phi) is 10.6. The van der Waals surface area contributed by atoms with Gasteiger partial charge in [-0.3, -0.25) is 0 Å². The van der Waals surface area contributed by atoms with Gasteiger partial charge < -0.3 is 19.3 Å². The van der Waals surface area contributed by atoms with Crippen molar-refractivity contribution in [2.24, 2.45) is 0 Å². The maximum atomic E-state index is 7.48. The van der Waals surface area contributed by atoms with Crippen LogP contribution in [0.5, 0.6) is 23.0 Å². The van der Waals surface area contributed by atoms with Crippen LogP contribution in [0.15, 0.2) is 315 Å². The Morgan fingerprint density at radius 3 is 0.989 bits per heavy atom. The van der Waals surface area contributed by atoms with E-state index in [2.05, 4.69) is 325 Å². The van der Waals surface area contributed by atoms with Crippen LogP contribution in [0.2, 0.25) is 0 Å². The van der Waals surface area contributed by atoms with E-state index in [0.29, 0.717) is 0 Å². The van der Waals surface area contributed by atoms with E-state index in [1.54, 1.807) is 0 Å². The number of hydrogen-bond donors (Lipinski definition) is 0. The van der Waals surface area contributed by atoms with Gasteiger partial charge in [-0.2, -0.15) is 0 Å². The molecular formula is C85H52B2N2O2. The molecule has 0 saturated carbocycles. The number of ether oxygens (including phenoxy) is 2. The average Bonchev–Trinajstić information content (AvgIpc) is 1.54. The molecular weight excluding hydrogens is 1100 g/mol. The predicted octanol–water partition coefficient (Wildman–Crippen LogP) is 17.5. The fraction of sp³-hybridized carbons (Fsp3) is 0.0118. The molecule has 0 N–H and O–H groups in total. The third kappa shape index (κ3) is 7.19. The highest BCUT2D eigenvalue weighted by Crippen LogP contribution is 2.64. The standard InChI is InChI=1S/C85H52B2N2O2/c1-5-19-53(20-6-1)57-35-41-61(42-36-57)88-75-45-39-59(55-23-9-3-10-24-55)47-71(75)86-73-49-65-63-27-13-15-29-67(63)85(69(65)51-81(73)90-79-33-17-31-77(88)83(79)86)68-30-16-14-28-64(68)66-50-74-82(52-70(66)85)91-80-34-18-32-78-84(80)87(74)72-48-60(56-25-11-4-12-26-56)40-46-76(72)89(78)62-43-37-58(38-44-62)54-21-7-2-8-22-54/h1-52H. The van der Waals surface area contributed by atoms with E-state index >= 15 is 0 Å². The molecule has 2 aliphatic carbocycles. The minimum absolute atomic E-state index is 0.124. The van der Waals surface area contributed by atoms with E-state index in [1.165, 1.54) is 111 Å². The zero-order chi connectivity index (χ0) is 59.5. The molecule has 14 aromatic rings. The molecule has 4 heterocycles. The Hall–Kier alpha value is -11.6. The third-order valence-corrected chi connectivity index (χ3v) is 20.4. The first-order chi connectivity index (χ1) is 45.1. The largest absolute Gasteiger partial charge is 0.458 e. The number of benzene rings is 14. The number of fused-ring (bicyclic) bond motifs is 18. The second-order valence-corrected chi connectivity index (χ2v) is 24.9. The molecule has 0 aromatic heterocycles. The monoisotopic (exact) mass is 1150 g/mol. The fourth-order valence-electron chi connectivity index (χ4n) is 16.5. The summed E-state index contributed by atoms with van der Waals surface area (Å²) in [7, 11) is 0. The molecule has 6 aliphatic rings. The highest BCUT2D eigenvalue weighted by atomic mass is 16.5. The fourth-order valence-corrected chi connectivity index (χ4v) is 16.5. The molecule has 0 fully saturated rings. The van der Waals surface area contributed by atoms with Crippen LogP contribution in [0.4, 0.5) is 34.1 Å². The van der Waals surface area contributed by atoms with Crippen LogP contribution in [0.25, 0.3) is 66.8 Å². The van der Waals surface area contributed by atoms with Crippen molar-refractivity contribution in [2.45, 2.75) is 5.41 Å². The van der Waals surface area contributed by atoms with Crippen LogP contribution in [0, 0.1) is 0 Å². The maximum Gasteiger partial charge on any atom is 0.256 e. The normalized spacial score (nSPS) is 13.9. The summed E-state index contributed by atoms with van der Waals surface area (Å²) < 4.78 is 15.0. The number of hydrogen-bond acceptors (Lipinski definition) is 4. The van der Waals surface area contributed by atoms with Gasteiger partial charge >= 0.3 is 0 Å². The number of anilines is 6. The molecule has 4 nitrogen and oxygen atoms in total. The highest BCUT2D eigenvalue weighted by molar-refractivity contribution is 7.00. The lowest BCUT2D eigenvalue weighted by Crippen LogP contribution is -2.59. The van der Waals surface area contributed by atoms with Crippen LogP contribution in [0.1, 0.15) is 22.3 Å². The Labute approximate surface area is 529 Å². The minimum atomic E-state index is -0.694. The summed E-state index contributed by atoms with van der Waals surface area (Å²) in [6, 6.07) is 117. The summed E-state index contributed by atoms with van der Waals surface area (Å²) in [6.07, 6.45) is 0. The van der Waals surface area contributed by atoms with Crippen LogP contribution in [-0.4, -0.2) is 13.4 Å². The number of nitrogens with zero attached hydrogens (tertiary/aromatic N) is 2. The first-order valence-electron chi connectivity index (χ1n) is 31.6. The maximum absolute atomic E-state index is 7.48. The highest BCUT2D eigenvalue weighted by Gasteiger charge is 2.55. The zero-order valence-corrected chi connectivity index (χ0v) is 49.4. The van der Waals surface area contributed by atoms with Crippen molar-refractivity contribution in [1.82, 2.24) is 0 Å². The van der Waals surface area contributed by atoms with Crippen LogP contribution < -0.4 is 52.1 Å². The van der Waals surface area contributed by atoms with E-state index < -0.39 is 5.41 Å². The van der Waals surface area contributed by atoms with Crippen molar-refractivity contribution in [3.8, 4) is 89.8 Å². The Balaban J connectivity index is 0.771. The second-order valence-electron chi connectivity index (χ2n) is 24.9. The first kappa shape index (κ1) is 50.4. The van der Waals surface area contributed by atoms with Gasteiger partial charge in [-0.05, 0) is 195 Å². The van der Waals surface area contributed by atoms with Crippen LogP contribution in [-0.2, 0) is 5.41 Å². The van der Waals surface area contributed by atoms with Crippen molar-refractivity contribution in [3.05, 3.63) is 338 Å². The predicted molar refractivity (Wildman–Crippen MR) is 376 cm³/mol. The van der Waals surface area contributed by atoms with Crippen molar-refractivity contribution >= 4 is 80.3 Å². The van der Waals surface area contributed by atoms with Gasteiger partial charge in [-0.25, -0.2) is 0 Å². The summed E-state index contributed by atoms with van der Waals surface area (Å²) >= 11 is 0. The SMILES string of the molecule is c1ccc(-c2ccc(N3c4ccc(-c5ccccc5)cc4B4c5cc6c(cc5Oc5cccc3c54)C3(c4ccccc4-6)c4ccccc4-c4cc5c(cc43)Oc3cccc4c3B5c3cc(-c5ccccc5)ccc3N4c3ccc(-c4ccccc4)cc3)cc2)cc1. The lowest BCUT2D eigenvalue weighted by molar-refractivity contribution is 0.485. The molecule has 0 atom stereocenters. The van der Waals surface area contributed by atoms with Crippen LogP contribution in [0.3, 0.4) is 0 Å². The molecule has 14 aromatic carbocycles. The second kappa shape index (κ2) is 19.2. The Morgan fingerprint density at radius 2 is 0.582 bits per heavy atom. The molecule has 20 rings (SSSR count). The molecule has 0 radical (unpaired) electrons.